The minimum absolute atomic E-state index is 0.345. The average molecular weight is 342 g/mol. The smallest absolute Gasteiger partial charge is 0.0595 e. The first kappa shape index (κ1) is 16.8. The van der Waals surface area contributed by atoms with E-state index < -0.39 is 0 Å². The van der Waals surface area contributed by atoms with Crippen molar-refractivity contribution in [2.75, 3.05) is 6.54 Å². The van der Waals surface area contributed by atoms with E-state index >= 15 is 0 Å². The third-order valence-corrected chi connectivity index (χ3v) is 5.35. The summed E-state index contributed by atoms with van der Waals surface area (Å²) >= 11 is 14.0. The quantitative estimate of drug-likeness (QED) is 0.660. The van der Waals surface area contributed by atoms with Gasteiger partial charge in [-0.1, -0.05) is 43.1 Å². The third kappa shape index (κ3) is 4.46. The maximum Gasteiger partial charge on any atom is 0.0595 e. The highest BCUT2D eigenvalue weighted by atomic mass is 35.5. The molecule has 0 radical (unpaired) electrons. The van der Waals surface area contributed by atoms with Crippen molar-refractivity contribution in [3.8, 4) is 0 Å². The van der Waals surface area contributed by atoms with Crippen molar-refractivity contribution in [2.45, 2.75) is 39.2 Å². The van der Waals surface area contributed by atoms with Gasteiger partial charge in [0, 0.05) is 10.9 Å². The Bertz CT molecular complexity index is 580. The molecule has 0 aliphatic heterocycles. The summed E-state index contributed by atoms with van der Waals surface area (Å²) in [5, 5.41) is 7.09. The van der Waals surface area contributed by atoms with E-state index in [0.717, 1.165) is 25.8 Å². The van der Waals surface area contributed by atoms with E-state index in [1.807, 2.05) is 23.5 Å². The number of rotatable bonds is 7. The minimum Gasteiger partial charge on any atom is -0.309 e. The molecule has 1 atom stereocenters. The summed E-state index contributed by atoms with van der Waals surface area (Å²) in [6, 6.07) is 8.50. The summed E-state index contributed by atoms with van der Waals surface area (Å²) in [4.78, 5) is 1.44. The van der Waals surface area contributed by atoms with Gasteiger partial charge in [0.2, 0.25) is 0 Å². The van der Waals surface area contributed by atoms with Crippen molar-refractivity contribution in [1.82, 2.24) is 5.32 Å². The lowest BCUT2D eigenvalue weighted by Gasteiger charge is -2.19. The van der Waals surface area contributed by atoms with Crippen molar-refractivity contribution in [2.24, 2.45) is 0 Å². The van der Waals surface area contributed by atoms with Gasteiger partial charge in [-0.25, -0.2) is 0 Å². The monoisotopic (exact) mass is 341 g/mol. The van der Waals surface area contributed by atoms with Gasteiger partial charge in [0.1, 0.15) is 0 Å². The predicted octanol–water partition coefficient (Wildman–Crippen LogP) is 5.90. The van der Waals surface area contributed by atoms with Gasteiger partial charge in [0.05, 0.1) is 10.0 Å². The number of nitrogens with one attached hydrogen (secondary N) is 1. The van der Waals surface area contributed by atoms with Crippen LogP contribution in [-0.4, -0.2) is 6.54 Å². The molecule has 0 aliphatic rings. The Morgan fingerprint density at radius 2 is 1.95 bits per heavy atom. The molecule has 0 aliphatic carbocycles. The molecule has 0 saturated heterocycles. The molecule has 114 valence electrons. The summed E-state index contributed by atoms with van der Waals surface area (Å²) in [7, 11) is 0. The fraction of sp³-hybridized carbons (Fsp3) is 0.412. The first-order valence-corrected chi connectivity index (χ1v) is 9.02. The molecule has 0 amide bonds. The summed E-state index contributed by atoms with van der Waals surface area (Å²) in [6.45, 7) is 5.42. The van der Waals surface area contributed by atoms with Gasteiger partial charge in [0.25, 0.3) is 0 Å². The first-order chi connectivity index (χ1) is 10.2. The Morgan fingerprint density at radius 3 is 2.62 bits per heavy atom. The Hall–Kier alpha value is -0.540. The van der Waals surface area contributed by atoms with Crippen LogP contribution in [0.4, 0.5) is 0 Å². The molecule has 1 unspecified atom stereocenters. The summed E-state index contributed by atoms with van der Waals surface area (Å²) < 4.78 is 0. The van der Waals surface area contributed by atoms with Crippen LogP contribution >= 0.6 is 34.5 Å². The fourth-order valence-corrected chi connectivity index (χ4v) is 3.82. The Labute approximate surface area is 141 Å². The van der Waals surface area contributed by atoms with E-state index in [1.54, 1.807) is 0 Å². The van der Waals surface area contributed by atoms with Crippen LogP contribution in [0.25, 0.3) is 0 Å². The zero-order chi connectivity index (χ0) is 15.2. The van der Waals surface area contributed by atoms with Gasteiger partial charge in [-0.2, -0.15) is 0 Å². The molecule has 0 bridgehead atoms. The van der Waals surface area contributed by atoms with Gasteiger partial charge >= 0.3 is 0 Å². The van der Waals surface area contributed by atoms with E-state index in [4.69, 9.17) is 23.2 Å². The van der Waals surface area contributed by atoms with Crippen molar-refractivity contribution in [3.63, 3.8) is 0 Å². The predicted molar refractivity (Wildman–Crippen MR) is 94.9 cm³/mol. The minimum atomic E-state index is 0.345. The zero-order valence-electron chi connectivity index (χ0n) is 12.5. The van der Waals surface area contributed by atoms with Crippen LogP contribution in [0.15, 0.2) is 29.6 Å². The molecule has 4 heteroatoms. The topological polar surface area (TPSA) is 12.0 Å². The molecule has 1 aromatic heterocycles. The van der Waals surface area contributed by atoms with Crippen LogP contribution in [0.2, 0.25) is 10.0 Å². The second-order valence-electron chi connectivity index (χ2n) is 5.12. The van der Waals surface area contributed by atoms with E-state index in [-0.39, 0.29) is 0 Å². The van der Waals surface area contributed by atoms with Gasteiger partial charge in [-0.15, -0.1) is 11.3 Å². The summed E-state index contributed by atoms with van der Waals surface area (Å²) in [5.41, 5.74) is 2.65. The molecular weight excluding hydrogens is 321 g/mol. The van der Waals surface area contributed by atoms with E-state index in [1.165, 1.54) is 16.0 Å². The fourth-order valence-electron chi connectivity index (χ4n) is 2.42. The largest absolute Gasteiger partial charge is 0.309 e. The molecule has 0 fully saturated rings. The standard InChI is InChI=1S/C17H21Cl2NS/c1-3-8-20-16(17-13(4-2)7-9-21-17)11-12-5-6-14(18)15(19)10-12/h5-7,9-10,16,20H,3-4,8,11H2,1-2H3. The highest BCUT2D eigenvalue weighted by Gasteiger charge is 2.16. The molecule has 1 N–H and O–H groups in total. The molecule has 2 aromatic rings. The van der Waals surface area contributed by atoms with Crippen molar-refractivity contribution < 1.29 is 0 Å². The Kier molecular flexibility index (Phi) is 6.56. The molecule has 1 nitrogen and oxygen atoms in total. The third-order valence-electron chi connectivity index (χ3n) is 3.54. The van der Waals surface area contributed by atoms with Crippen molar-refractivity contribution in [1.29, 1.82) is 0 Å². The summed E-state index contributed by atoms with van der Waals surface area (Å²) in [6.07, 6.45) is 3.14. The molecule has 2 rings (SSSR count). The van der Waals surface area contributed by atoms with Crippen LogP contribution in [-0.2, 0) is 12.8 Å². The lowest BCUT2D eigenvalue weighted by Crippen LogP contribution is -2.24. The number of thiophene rings is 1. The number of benzene rings is 1. The number of aryl methyl sites for hydroxylation is 1. The Balaban J connectivity index is 2.21. The number of halogens is 2. The number of hydrogen-bond acceptors (Lipinski definition) is 2. The molecule has 0 saturated carbocycles. The SMILES string of the molecule is CCCNC(Cc1ccc(Cl)c(Cl)c1)c1sccc1CC. The lowest BCUT2D eigenvalue weighted by atomic mass is 10.0. The molecule has 21 heavy (non-hydrogen) atoms. The van der Waals surface area contributed by atoms with Gasteiger partial charge < -0.3 is 5.32 Å². The Morgan fingerprint density at radius 1 is 1.14 bits per heavy atom. The maximum atomic E-state index is 6.14. The second kappa shape index (κ2) is 8.19. The van der Waals surface area contributed by atoms with Crippen LogP contribution in [0.5, 0.6) is 0 Å². The van der Waals surface area contributed by atoms with E-state index in [2.05, 4.69) is 36.7 Å². The molecule has 0 spiro atoms. The maximum absolute atomic E-state index is 6.14. The normalized spacial score (nSPS) is 12.6. The first-order valence-electron chi connectivity index (χ1n) is 7.39. The highest BCUT2D eigenvalue weighted by Crippen LogP contribution is 2.30. The molecule has 1 heterocycles. The second-order valence-corrected chi connectivity index (χ2v) is 6.89. The van der Waals surface area contributed by atoms with Crippen LogP contribution < -0.4 is 5.32 Å². The van der Waals surface area contributed by atoms with Gasteiger partial charge in [-0.3, -0.25) is 0 Å². The zero-order valence-corrected chi connectivity index (χ0v) is 14.8. The number of hydrogen-bond donors (Lipinski definition) is 1. The molecule has 1 aromatic carbocycles. The summed E-state index contributed by atoms with van der Waals surface area (Å²) in [5.74, 6) is 0. The average Bonchev–Trinajstić information content (AvgIpc) is 2.95. The highest BCUT2D eigenvalue weighted by molar-refractivity contribution is 7.10. The van der Waals surface area contributed by atoms with E-state index in [0.29, 0.717) is 16.1 Å². The molecular formula is C17H21Cl2NS. The van der Waals surface area contributed by atoms with Crippen molar-refractivity contribution in [3.05, 3.63) is 55.7 Å². The van der Waals surface area contributed by atoms with Crippen LogP contribution in [0.1, 0.15) is 42.3 Å². The van der Waals surface area contributed by atoms with Crippen LogP contribution in [0.3, 0.4) is 0 Å². The van der Waals surface area contributed by atoms with E-state index in [9.17, 15) is 0 Å². The van der Waals surface area contributed by atoms with Gasteiger partial charge in [0.15, 0.2) is 0 Å². The lowest BCUT2D eigenvalue weighted by molar-refractivity contribution is 0.533. The van der Waals surface area contributed by atoms with Crippen LogP contribution in [0, 0.1) is 0 Å². The van der Waals surface area contributed by atoms with Gasteiger partial charge in [-0.05, 0) is 60.5 Å². The van der Waals surface area contributed by atoms with Crippen molar-refractivity contribution >= 4 is 34.5 Å².